The molecule has 1 heterocycles. The third kappa shape index (κ3) is 4.70. The van der Waals surface area contributed by atoms with Crippen LogP contribution in [0.4, 0.5) is 11.6 Å². The first kappa shape index (κ1) is 18.6. The molecule has 138 valence electrons. The van der Waals surface area contributed by atoms with Gasteiger partial charge in [0.1, 0.15) is 0 Å². The predicted molar refractivity (Wildman–Crippen MR) is 109 cm³/mol. The van der Waals surface area contributed by atoms with Gasteiger partial charge >= 0.3 is 0 Å². The Balaban J connectivity index is 1.67. The number of carbonyl (C=O) groups is 1. The largest absolute Gasteiger partial charge is 0.348 e. The van der Waals surface area contributed by atoms with Crippen molar-refractivity contribution < 1.29 is 4.79 Å². The highest BCUT2D eigenvalue weighted by molar-refractivity contribution is 6.04. The van der Waals surface area contributed by atoms with Crippen LogP contribution in [-0.4, -0.2) is 15.9 Å². The van der Waals surface area contributed by atoms with Crippen molar-refractivity contribution >= 4 is 17.5 Å². The minimum Gasteiger partial charge on any atom is -0.348 e. The van der Waals surface area contributed by atoms with Crippen LogP contribution in [0, 0.1) is 0 Å². The molecule has 2 N–H and O–H groups in total. The highest BCUT2D eigenvalue weighted by Gasteiger charge is 2.12. The van der Waals surface area contributed by atoms with Crippen LogP contribution in [0.1, 0.15) is 54.2 Å². The summed E-state index contributed by atoms with van der Waals surface area (Å²) < 4.78 is 0. The van der Waals surface area contributed by atoms with E-state index in [-0.39, 0.29) is 11.9 Å². The van der Waals surface area contributed by atoms with Crippen LogP contribution in [0.5, 0.6) is 0 Å². The fraction of sp³-hybridized carbons (Fsp3) is 0.227. The van der Waals surface area contributed by atoms with Crippen molar-refractivity contribution in [1.29, 1.82) is 0 Å². The summed E-state index contributed by atoms with van der Waals surface area (Å²) in [5.41, 5.74) is 3.49. The van der Waals surface area contributed by atoms with E-state index in [9.17, 15) is 4.79 Å². The fourth-order valence-electron chi connectivity index (χ4n) is 2.85. The summed E-state index contributed by atoms with van der Waals surface area (Å²) in [6.07, 6.45) is 3.08. The van der Waals surface area contributed by atoms with Gasteiger partial charge in [-0.2, -0.15) is 0 Å². The Hall–Kier alpha value is -3.21. The number of hydrogen-bond donors (Lipinski definition) is 2. The number of hydrogen-bond acceptors (Lipinski definition) is 4. The lowest BCUT2D eigenvalue weighted by Gasteiger charge is -2.15. The molecular formula is C22H24N4O. The molecule has 0 radical (unpaired) electrons. The third-order valence-corrected chi connectivity index (χ3v) is 4.39. The SMILES string of the molecule is CC(C)c1ccccc1NC(=O)c1cnc(NC(C)c2ccccc2)nc1. The van der Waals surface area contributed by atoms with E-state index in [4.69, 9.17) is 0 Å². The zero-order valence-electron chi connectivity index (χ0n) is 15.8. The van der Waals surface area contributed by atoms with Gasteiger partial charge in [-0.15, -0.1) is 0 Å². The monoisotopic (exact) mass is 360 g/mol. The molecule has 0 fully saturated rings. The van der Waals surface area contributed by atoms with Crippen molar-refractivity contribution in [3.63, 3.8) is 0 Å². The van der Waals surface area contributed by atoms with E-state index in [1.807, 2.05) is 61.5 Å². The molecule has 0 saturated carbocycles. The summed E-state index contributed by atoms with van der Waals surface area (Å²) in [6, 6.07) is 18.0. The van der Waals surface area contributed by atoms with Crippen molar-refractivity contribution in [2.24, 2.45) is 0 Å². The number of amides is 1. The predicted octanol–water partition coefficient (Wildman–Crippen LogP) is 5.03. The second-order valence-electron chi connectivity index (χ2n) is 6.77. The molecule has 1 amide bonds. The molecule has 0 bridgehead atoms. The molecule has 2 aromatic carbocycles. The smallest absolute Gasteiger partial charge is 0.258 e. The van der Waals surface area contributed by atoms with E-state index in [1.54, 1.807) is 12.4 Å². The number of anilines is 2. The fourth-order valence-corrected chi connectivity index (χ4v) is 2.85. The molecule has 1 atom stereocenters. The van der Waals surface area contributed by atoms with Crippen LogP contribution in [0.15, 0.2) is 67.0 Å². The van der Waals surface area contributed by atoms with Crippen molar-refractivity contribution in [3.05, 3.63) is 83.7 Å². The number of aromatic nitrogens is 2. The lowest BCUT2D eigenvalue weighted by molar-refractivity contribution is 0.102. The molecule has 1 aromatic heterocycles. The van der Waals surface area contributed by atoms with Gasteiger partial charge in [0, 0.05) is 18.1 Å². The standard InChI is InChI=1S/C22H24N4O/c1-15(2)19-11-7-8-12-20(19)26-21(27)18-13-23-22(24-14-18)25-16(3)17-9-5-4-6-10-17/h4-16H,1-3H3,(H,26,27)(H,23,24,25). The summed E-state index contributed by atoms with van der Waals surface area (Å²) in [5.74, 6) is 0.597. The van der Waals surface area contributed by atoms with Gasteiger partial charge in [0.15, 0.2) is 0 Å². The van der Waals surface area contributed by atoms with Crippen molar-refractivity contribution in [1.82, 2.24) is 9.97 Å². The minimum absolute atomic E-state index is 0.0730. The number of carbonyl (C=O) groups excluding carboxylic acids is 1. The van der Waals surface area contributed by atoms with Gasteiger partial charge in [-0.3, -0.25) is 4.79 Å². The van der Waals surface area contributed by atoms with Gasteiger partial charge in [-0.25, -0.2) is 9.97 Å². The highest BCUT2D eigenvalue weighted by Crippen LogP contribution is 2.24. The lowest BCUT2D eigenvalue weighted by Crippen LogP contribution is -2.15. The second kappa shape index (κ2) is 8.45. The Kier molecular flexibility index (Phi) is 5.81. The highest BCUT2D eigenvalue weighted by atomic mass is 16.1. The molecule has 0 saturated heterocycles. The Bertz CT molecular complexity index is 892. The van der Waals surface area contributed by atoms with E-state index < -0.39 is 0 Å². The van der Waals surface area contributed by atoms with Crippen LogP contribution in [0.25, 0.3) is 0 Å². The van der Waals surface area contributed by atoms with E-state index >= 15 is 0 Å². The molecule has 0 aliphatic heterocycles. The maximum atomic E-state index is 12.5. The molecule has 0 aliphatic rings. The second-order valence-corrected chi connectivity index (χ2v) is 6.77. The first-order valence-electron chi connectivity index (χ1n) is 9.08. The topological polar surface area (TPSA) is 66.9 Å². The van der Waals surface area contributed by atoms with E-state index in [1.165, 1.54) is 0 Å². The van der Waals surface area contributed by atoms with E-state index in [2.05, 4.69) is 34.4 Å². The number of para-hydroxylation sites is 1. The average Bonchev–Trinajstić information content (AvgIpc) is 2.69. The van der Waals surface area contributed by atoms with E-state index in [0.717, 1.165) is 16.8 Å². The number of nitrogens with one attached hydrogen (secondary N) is 2. The molecule has 0 aliphatic carbocycles. The number of nitrogens with zero attached hydrogens (tertiary/aromatic N) is 2. The van der Waals surface area contributed by atoms with Crippen LogP contribution < -0.4 is 10.6 Å². The Morgan fingerprint density at radius 2 is 1.52 bits per heavy atom. The Morgan fingerprint density at radius 3 is 2.19 bits per heavy atom. The van der Waals surface area contributed by atoms with Crippen LogP contribution >= 0.6 is 0 Å². The third-order valence-electron chi connectivity index (χ3n) is 4.39. The van der Waals surface area contributed by atoms with Gasteiger partial charge < -0.3 is 10.6 Å². The molecular weight excluding hydrogens is 336 g/mol. The molecule has 5 heteroatoms. The maximum absolute atomic E-state index is 12.5. The summed E-state index contributed by atoms with van der Waals surface area (Å²) in [4.78, 5) is 21.1. The Labute approximate surface area is 159 Å². The first-order valence-corrected chi connectivity index (χ1v) is 9.08. The zero-order chi connectivity index (χ0) is 19.2. The lowest BCUT2D eigenvalue weighted by atomic mass is 10.0. The first-order chi connectivity index (χ1) is 13.0. The molecule has 3 aromatic rings. The quantitative estimate of drug-likeness (QED) is 0.647. The van der Waals surface area contributed by atoms with Crippen molar-refractivity contribution in [3.8, 4) is 0 Å². The summed E-state index contributed by atoms with van der Waals surface area (Å²) in [7, 11) is 0. The van der Waals surface area contributed by atoms with Gasteiger partial charge in [0.05, 0.1) is 11.6 Å². The molecule has 1 unspecified atom stereocenters. The minimum atomic E-state index is -0.217. The molecule has 5 nitrogen and oxygen atoms in total. The average molecular weight is 360 g/mol. The van der Waals surface area contributed by atoms with E-state index in [0.29, 0.717) is 17.4 Å². The molecule has 27 heavy (non-hydrogen) atoms. The van der Waals surface area contributed by atoms with Crippen molar-refractivity contribution in [2.45, 2.75) is 32.7 Å². The summed E-state index contributed by atoms with van der Waals surface area (Å²) in [5, 5.41) is 6.20. The molecule has 0 spiro atoms. The van der Waals surface area contributed by atoms with Gasteiger partial charge in [0.25, 0.3) is 5.91 Å². The van der Waals surface area contributed by atoms with Gasteiger partial charge in [0.2, 0.25) is 5.95 Å². The van der Waals surface area contributed by atoms with Crippen LogP contribution in [0.3, 0.4) is 0 Å². The zero-order valence-corrected chi connectivity index (χ0v) is 15.8. The van der Waals surface area contributed by atoms with Crippen LogP contribution in [-0.2, 0) is 0 Å². The molecule has 3 rings (SSSR count). The van der Waals surface area contributed by atoms with Gasteiger partial charge in [-0.1, -0.05) is 62.4 Å². The maximum Gasteiger partial charge on any atom is 0.258 e. The Morgan fingerprint density at radius 1 is 0.889 bits per heavy atom. The van der Waals surface area contributed by atoms with Gasteiger partial charge in [-0.05, 0) is 30.0 Å². The summed E-state index contributed by atoms with van der Waals surface area (Å²) in [6.45, 7) is 6.24. The normalized spacial score (nSPS) is 11.9. The summed E-state index contributed by atoms with van der Waals surface area (Å²) >= 11 is 0. The van der Waals surface area contributed by atoms with Crippen LogP contribution in [0.2, 0.25) is 0 Å². The number of rotatable bonds is 6. The number of benzene rings is 2. The van der Waals surface area contributed by atoms with Crippen molar-refractivity contribution in [2.75, 3.05) is 10.6 Å².